The molecule has 0 aromatic rings. The average Bonchev–Trinajstić information content (AvgIpc) is 3.32. The van der Waals surface area contributed by atoms with Crippen molar-refractivity contribution in [3.63, 3.8) is 0 Å². The van der Waals surface area contributed by atoms with E-state index in [1.54, 1.807) is 0 Å². The highest BCUT2D eigenvalue weighted by Crippen LogP contribution is 2.36. The standard InChI is InChI=1S/C16H26N2O3/c1-11-6-8-16(9-7-11,14(19)20)17-15(21)18(13-4-5-13)10-12-2-3-12/h11-13H,2-10H2,1H3,(H,17,21)(H,19,20). The van der Waals surface area contributed by atoms with Gasteiger partial charge < -0.3 is 15.3 Å². The summed E-state index contributed by atoms with van der Waals surface area (Å²) in [5, 5.41) is 12.5. The van der Waals surface area contributed by atoms with Crippen molar-refractivity contribution in [3.05, 3.63) is 0 Å². The van der Waals surface area contributed by atoms with Crippen molar-refractivity contribution in [2.24, 2.45) is 11.8 Å². The van der Waals surface area contributed by atoms with E-state index in [4.69, 9.17) is 0 Å². The summed E-state index contributed by atoms with van der Waals surface area (Å²) in [5.74, 6) is 0.328. The van der Waals surface area contributed by atoms with E-state index < -0.39 is 11.5 Å². The molecule has 0 atom stereocenters. The van der Waals surface area contributed by atoms with Crippen LogP contribution in [0.15, 0.2) is 0 Å². The molecule has 0 radical (unpaired) electrons. The molecule has 2 N–H and O–H groups in total. The van der Waals surface area contributed by atoms with Crippen LogP contribution in [0.3, 0.4) is 0 Å². The summed E-state index contributed by atoms with van der Waals surface area (Å²) >= 11 is 0. The molecule has 3 saturated carbocycles. The molecule has 0 aromatic carbocycles. The summed E-state index contributed by atoms with van der Waals surface area (Å²) in [6.07, 6.45) is 7.40. The highest BCUT2D eigenvalue weighted by molar-refractivity contribution is 5.86. The molecule has 3 aliphatic carbocycles. The predicted octanol–water partition coefficient (Wildman–Crippen LogP) is 2.60. The smallest absolute Gasteiger partial charge is 0.329 e. The van der Waals surface area contributed by atoms with Crippen LogP contribution in [0.5, 0.6) is 0 Å². The van der Waals surface area contributed by atoms with Crippen molar-refractivity contribution in [2.45, 2.75) is 69.9 Å². The first-order chi connectivity index (χ1) is 10.00. The Morgan fingerprint density at radius 1 is 1.14 bits per heavy atom. The first-order valence-corrected chi connectivity index (χ1v) is 8.32. The van der Waals surface area contributed by atoms with E-state index in [1.165, 1.54) is 12.8 Å². The fraction of sp³-hybridized carbons (Fsp3) is 0.875. The van der Waals surface area contributed by atoms with E-state index >= 15 is 0 Å². The van der Waals surface area contributed by atoms with Crippen LogP contribution in [0.25, 0.3) is 0 Å². The summed E-state index contributed by atoms with van der Waals surface area (Å²) < 4.78 is 0. The van der Waals surface area contributed by atoms with Crippen molar-refractivity contribution in [1.82, 2.24) is 10.2 Å². The minimum absolute atomic E-state index is 0.152. The number of carboxylic acid groups (broad SMARTS) is 1. The van der Waals surface area contributed by atoms with Gasteiger partial charge in [0.15, 0.2) is 0 Å². The molecule has 0 aromatic heterocycles. The lowest BCUT2D eigenvalue weighted by Gasteiger charge is -2.38. The minimum Gasteiger partial charge on any atom is -0.480 e. The Morgan fingerprint density at radius 2 is 1.76 bits per heavy atom. The molecule has 0 heterocycles. The number of aliphatic carboxylic acids is 1. The molecule has 0 saturated heterocycles. The van der Waals surface area contributed by atoms with Gasteiger partial charge in [-0.2, -0.15) is 0 Å². The first kappa shape index (κ1) is 14.7. The lowest BCUT2D eigenvalue weighted by atomic mass is 9.77. The predicted molar refractivity (Wildman–Crippen MR) is 79.0 cm³/mol. The topological polar surface area (TPSA) is 69.6 Å². The highest BCUT2D eigenvalue weighted by atomic mass is 16.4. The number of rotatable bonds is 5. The molecular weight excluding hydrogens is 268 g/mol. The van der Waals surface area contributed by atoms with E-state index in [1.807, 2.05) is 4.90 Å². The first-order valence-electron chi connectivity index (χ1n) is 8.32. The Bertz CT molecular complexity index is 421. The minimum atomic E-state index is -1.04. The number of urea groups is 1. The van der Waals surface area contributed by atoms with Gasteiger partial charge in [0.05, 0.1) is 0 Å². The van der Waals surface area contributed by atoms with Gasteiger partial charge in [-0.3, -0.25) is 0 Å². The van der Waals surface area contributed by atoms with Crippen molar-refractivity contribution in [2.75, 3.05) is 6.54 Å². The second kappa shape index (κ2) is 5.50. The molecule has 21 heavy (non-hydrogen) atoms. The molecule has 0 bridgehead atoms. The summed E-state index contributed by atoms with van der Waals surface area (Å²) in [4.78, 5) is 26.2. The van der Waals surface area contributed by atoms with E-state index in [2.05, 4.69) is 12.2 Å². The fourth-order valence-corrected chi connectivity index (χ4v) is 3.29. The number of nitrogens with one attached hydrogen (secondary N) is 1. The maximum Gasteiger partial charge on any atom is 0.329 e. The largest absolute Gasteiger partial charge is 0.480 e. The third kappa shape index (κ3) is 3.33. The number of carbonyl (C=O) groups excluding carboxylic acids is 1. The zero-order chi connectivity index (χ0) is 15.0. The Hall–Kier alpha value is -1.26. The molecule has 5 nitrogen and oxygen atoms in total. The Labute approximate surface area is 126 Å². The van der Waals surface area contributed by atoms with E-state index in [-0.39, 0.29) is 6.03 Å². The second-order valence-electron chi connectivity index (χ2n) is 7.33. The summed E-state index contributed by atoms with van der Waals surface area (Å²) in [6, 6.07) is 0.195. The summed E-state index contributed by atoms with van der Waals surface area (Å²) in [7, 11) is 0. The molecule has 0 aliphatic heterocycles. The van der Waals surface area contributed by atoms with Gasteiger partial charge in [-0.15, -0.1) is 0 Å². The van der Waals surface area contributed by atoms with E-state index in [9.17, 15) is 14.7 Å². The molecule has 3 aliphatic rings. The highest BCUT2D eigenvalue weighted by Gasteiger charge is 2.45. The summed E-state index contributed by atoms with van der Waals surface area (Å²) in [6.45, 7) is 2.96. The van der Waals surface area contributed by atoms with Crippen LogP contribution in [0.4, 0.5) is 4.79 Å². The lowest BCUT2D eigenvalue weighted by Crippen LogP contribution is -2.59. The van der Waals surface area contributed by atoms with Crippen LogP contribution in [-0.2, 0) is 4.79 Å². The maximum absolute atomic E-state index is 12.6. The van der Waals surface area contributed by atoms with Crippen LogP contribution < -0.4 is 5.32 Å². The van der Waals surface area contributed by atoms with Crippen LogP contribution in [0, 0.1) is 11.8 Å². The Kier molecular flexibility index (Phi) is 3.84. The van der Waals surface area contributed by atoms with Gasteiger partial charge in [-0.1, -0.05) is 6.92 Å². The quantitative estimate of drug-likeness (QED) is 0.819. The number of carboxylic acids is 1. The van der Waals surface area contributed by atoms with Gasteiger partial charge in [0.25, 0.3) is 0 Å². The van der Waals surface area contributed by atoms with E-state index in [0.29, 0.717) is 30.7 Å². The number of amides is 2. The van der Waals surface area contributed by atoms with Gasteiger partial charge in [-0.25, -0.2) is 9.59 Å². The molecule has 3 rings (SSSR count). The van der Waals surface area contributed by atoms with Crippen LogP contribution in [-0.4, -0.2) is 40.1 Å². The molecule has 118 valence electrons. The van der Waals surface area contributed by atoms with Crippen molar-refractivity contribution in [3.8, 4) is 0 Å². The zero-order valence-electron chi connectivity index (χ0n) is 12.8. The number of nitrogens with zero attached hydrogens (tertiary/aromatic N) is 1. The number of carbonyl (C=O) groups is 2. The SMILES string of the molecule is CC1CCC(NC(=O)N(CC2CC2)C2CC2)(C(=O)O)CC1. The maximum atomic E-state index is 12.6. The second-order valence-corrected chi connectivity index (χ2v) is 7.33. The number of hydrogen-bond acceptors (Lipinski definition) is 2. The van der Waals surface area contributed by atoms with Gasteiger partial charge >= 0.3 is 12.0 Å². The van der Waals surface area contributed by atoms with Gasteiger partial charge in [0.2, 0.25) is 0 Å². The fourth-order valence-electron chi connectivity index (χ4n) is 3.29. The third-order valence-corrected chi connectivity index (χ3v) is 5.28. The van der Waals surface area contributed by atoms with Crippen molar-refractivity contribution < 1.29 is 14.7 Å². The molecule has 0 spiro atoms. The molecule has 0 unspecified atom stereocenters. The van der Waals surface area contributed by atoms with E-state index in [0.717, 1.165) is 32.2 Å². The van der Waals surface area contributed by atoms with Crippen LogP contribution in [0.1, 0.15) is 58.3 Å². The molecule has 5 heteroatoms. The average molecular weight is 294 g/mol. The van der Waals surface area contributed by atoms with Crippen LogP contribution >= 0.6 is 0 Å². The number of hydrogen-bond donors (Lipinski definition) is 2. The lowest BCUT2D eigenvalue weighted by molar-refractivity contribution is -0.146. The van der Waals surface area contributed by atoms with Gasteiger partial charge in [-0.05, 0) is 63.2 Å². The van der Waals surface area contributed by atoms with Crippen LogP contribution in [0.2, 0.25) is 0 Å². The molecule has 3 fully saturated rings. The molecular formula is C16H26N2O3. The Balaban J connectivity index is 1.66. The van der Waals surface area contributed by atoms with Crippen molar-refractivity contribution >= 4 is 12.0 Å². The van der Waals surface area contributed by atoms with Gasteiger partial charge in [0, 0.05) is 12.6 Å². The molecule has 2 amide bonds. The summed E-state index contributed by atoms with van der Waals surface area (Å²) in [5.41, 5.74) is -1.04. The zero-order valence-corrected chi connectivity index (χ0v) is 12.8. The normalized spacial score (nSPS) is 32.5. The van der Waals surface area contributed by atoms with Crippen molar-refractivity contribution in [1.29, 1.82) is 0 Å². The monoisotopic (exact) mass is 294 g/mol. The van der Waals surface area contributed by atoms with Gasteiger partial charge in [0.1, 0.15) is 5.54 Å². The Morgan fingerprint density at radius 3 is 2.24 bits per heavy atom. The third-order valence-electron chi connectivity index (χ3n) is 5.28.